The van der Waals surface area contributed by atoms with Gasteiger partial charge in [-0.2, -0.15) is 0 Å². The molecule has 0 spiro atoms. The van der Waals surface area contributed by atoms with Crippen molar-refractivity contribution >= 4 is 0 Å². The Kier molecular flexibility index (Phi) is 4.10. The van der Waals surface area contributed by atoms with Crippen molar-refractivity contribution in [2.24, 2.45) is 11.3 Å². The Bertz CT molecular complexity index is 431. The van der Waals surface area contributed by atoms with E-state index in [0.717, 1.165) is 38.6 Å². The fraction of sp³-hybridized carbons (Fsp3) is 1.00. The summed E-state index contributed by atoms with van der Waals surface area (Å²) in [5.74, 6) is 0.0286. The zero-order chi connectivity index (χ0) is 16.2. The van der Waals surface area contributed by atoms with Gasteiger partial charge in [0.15, 0.2) is 0 Å². The van der Waals surface area contributed by atoms with Crippen LogP contribution in [-0.2, 0) is 0 Å². The molecule has 3 aliphatic carbocycles. The summed E-state index contributed by atoms with van der Waals surface area (Å²) < 4.78 is 0. The third-order valence-corrected chi connectivity index (χ3v) is 6.75. The normalized spacial score (nSPS) is 51.7. The van der Waals surface area contributed by atoms with Gasteiger partial charge >= 0.3 is 0 Å². The topological polar surface area (TPSA) is 84.2 Å². The monoisotopic (exact) mass is 313 g/mol. The van der Waals surface area contributed by atoms with Gasteiger partial charge in [0, 0.05) is 12.8 Å². The fourth-order valence-electron chi connectivity index (χ4n) is 5.67. The van der Waals surface area contributed by atoms with Gasteiger partial charge in [-0.3, -0.25) is 0 Å². The van der Waals surface area contributed by atoms with Crippen LogP contribution in [0.25, 0.3) is 0 Å². The molecule has 0 aromatic carbocycles. The van der Waals surface area contributed by atoms with Crippen molar-refractivity contribution in [1.82, 2.24) is 4.90 Å². The first kappa shape index (κ1) is 16.7. The van der Waals surface area contributed by atoms with Gasteiger partial charge in [-0.15, -0.1) is 0 Å². The third kappa shape index (κ3) is 2.33. The lowest BCUT2D eigenvalue weighted by Gasteiger charge is -2.50. The van der Waals surface area contributed by atoms with Crippen molar-refractivity contribution in [2.75, 3.05) is 20.6 Å². The van der Waals surface area contributed by atoms with Crippen molar-refractivity contribution in [3.05, 3.63) is 0 Å². The second kappa shape index (κ2) is 5.42. The third-order valence-electron chi connectivity index (χ3n) is 6.75. The second-order valence-corrected chi connectivity index (χ2v) is 8.39. The summed E-state index contributed by atoms with van der Waals surface area (Å²) in [6, 6.07) is 0. The van der Waals surface area contributed by atoms with Crippen molar-refractivity contribution in [3.63, 3.8) is 0 Å². The van der Waals surface area contributed by atoms with Crippen LogP contribution >= 0.6 is 0 Å². The van der Waals surface area contributed by atoms with Crippen molar-refractivity contribution in [1.29, 1.82) is 0 Å². The highest BCUT2D eigenvalue weighted by atomic mass is 16.4. The van der Waals surface area contributed by atoms with Crippen LogP contribution in [0.1, 0.15) is 51.4 Å². The van der Waals surface area contributed by atoms with E-state index in [1.165, 1.54) is 0 Å². The van der Waals surface area contributed by atoms with Gasteiger partial charge in [0.25, 0.3) is 0 Å². The van der Waals surface area contributed by atoms with Gasteiger partial charge in [-0.1, -0.05) is 12.8 Å². The highest BCUT2D eigenvalue weighted by Gasteiger charge is 2.70. The van der Waals surface area contributed by atoms with E-state index in [1.807, 2.05) is 14.1 Å². The lowest BCUT2D eigenvalue weighted by Crippen LogP contribution is -2.62. The molecule has 6 atom stereocenters. The standard InChI is InChI=1S/C17H31NO4/c1-18(2)8-7-15-6-4-3-5-14(15)17(22)10-13(20)12(19)9-16(17,21)11-15/h12-14,19-22H,3-11H2,1-2H3. The van der Waals surface area contributed by atoms with Crippen molar-refractivity contribution in [3.8, 4) is 0 Å². The molecule has 0 aromatic rings. The lowest BCUT2D eigenvalue weighted by atomic mass is 9.61. The van der Waals surface area contributed by atoms with Crippen LogP contribution in [0.2, 0.25) is 0 Å². The van der Waals surface area contributed by atoms with E-state index in [-0.39, 0.29) is 24.2 Å². The minimum atomic E-state index is -1.26. The van der Waals surface area contributed by atoms with Crippen molar-refractivity contribution in [2.45, 2.75) is 74.8 Å². The molecule has 3 saturated carbocycles. The summed E-state index contributed by atoms with van der Waals surface area (Å²) in [6.45, 7) is 0.938. The van der Waals surface area contributed by atoms with E-state index < -0.39 is 23.4 Å². The first-order valence-corrected chi connectivity index (χ1v) is 8.68. The van der Waals surface area contributed by atoms with E-state index in [4.69, 9.17) is 0 Å². The Hall–Kier alpha value is -0.200. The van der Waals surface area contributed by atoms with Crippen molar-refractivity contribution < 1.29 is 20.4 Å². The predicted octanol–water partition coefficient (Wildman–Crippen LogP) is 0.496. The first-order chi connectivity index (χ1) is 10.2. The maximum atomic E-state index is 11.3. The van der Waals surface area contributed by atoms with Gasteiger partial charge in [-0.25, -0.2) is 0 Å². The fourth-order valence-corrected chi connectivity index (χ4v) is 5.67. The number of hydrogen-bond acceptors (Lipinski definition) is 5. The van der Waals surface area contributed by atoms with Crippen LogP contribution in [-0.4, -0.2) is 69.4 Å². The molecule has 0 aromatic heterocycles. The summed E-state index contributed by atoms with van der Waals surface area (Å²) in [4.78, 5) is 2.15. The highest BCUT2D eigenvalue weighted by Crippen LogP contribution is 2.65. The molecule has 5 heteroatoms. The van der Waals surface area contributed by atoms with Gasteiger partial charge in [0.05, 0.1) is 23.4 Å². The summed E-state index contributed by atoms with van der Waals surface area (Å²) in [5, 5.41) is 42.6. The van der Waals surface area contributed by atoms with E-state index in [9.17, 15) is 20.4 Å². The predicted molar refractivity (Wildman–Crippen MR) is 83.3 cm³/mol. The van der Waals surface area contributed by atoms with E-state index >= 15 is 0 Å². The van der Waals surface area contributed by atoms with Crippen LogP contribution in [0.5, 0.6) is 0 Å². The maximum absolute atomic E-state index is 11.3. The van der Waals surface area contributed by atoms with Crippen LogP contribution in [0, 0.1) is 11.3 Å². The maximum Gasteiger partial charge on any atom is 0.0993 e. The van der Waals surface area contributed by atoms with Crippen LogP contribution < -0.4 is 0 Å². The Morgan fingerprint density at radius 2 is 1.73 bits per heavy atom. The summed E-state index contributed by atoms with van der Waals surface area (Å²) in [6.07, 6.45) is 3.99. The molecule has 3 rings (SSSR count). The summed E-state index contributed by atoms with van der Waals surface area (Å²) in [5.41, 5.74) is -2.57. The largest absolute Gasteiger partial charge is 0.390 e. The second-order valence-electron chi connectivity index (χ2n) is 8.39. The van der Waals surface area contributed by atoms with E-state index in [0.29, 0.717) is 6.42 Å². The SMILES string of the molecule is CN(C)CCC12CCCCC1C1(O)CC(O)C(O)CC1(O)C2. The molecular formula is C17H31NO4. The minimum absolute atomic E-state index is 0.0286. The average molecular weight is 313 g/mol. The molecular weight excluding hydrogens is 282 g/mol. The van der Waals surface area contributed by atoms with Crippen LogP contribution in [0.3, 0.4) is 0 Å². The molecule has 6 unspecified atom stereocenters. The van der Waals surface area contributed by atoms with Gasteiger partial charge in [0.1, 0.15) is 0 Å². The molecule has 0 aliphatic heterocycles. The smallest absolute Gasteiger partial charge is 0.0993 e. The Balaban J connectivity index is 1.94. The highest BCUT2D eigenvalue weighted by molar-refractivity contribution is 5.21. The average Bonchev–Trinajstić information content (AvgIpc) is 2.63. The molecule has 0 saturated heterocycles. The molecule has 128 valence electrons. The van der Waals surface area contributed by atoms with Crippen LogP contribution in [0.15, 0.2) is 0 Å². The number of hydrogen-bond donors (Lipinski definition) is 4. The lowest BCUT2D eigenvalue weighted by molar-refractivity contribution is -0.221. The zero-order valence-electron chi connectivity index (χ0n) is 13.8. The van der Waals surface area contributed by atoms with E-state index in [2.05, 4.69) is 4.90 Å². The minimum Gasteiger partial charge on any atom is -0.390 e. The summed E-state index contributed by atoms with van der Waals surface area (Å²) in [7, 11) is 4.10. The van der Waals surface area contributed by atoms with E-state index in [1.54, 1.807) is 0 Å². The molecule has 3 fully saturated rings. The van der Waals surface area contributed by atoms with Gasteiger partial charge in [0.2, 0.25) is 0 Å². The number of fused-ring (bicyclic) bond motifs is 3. The van der Waals surface area contributed by atoms with Gasteiger partial charge < -0.3 is 25.3 Å². The molecule has 0 heterocycles. The van der Waals surface area contributed by atoms with Crippen LogP contribution in [0.4, 0.5) is 0 Å². The quantitative estimate of drug-likeness (QED) is 0.610. The van der Waals surface area contributed by atoms with Gasteiger partial charge in [-0.05, 0) is 57.7 Å². The zero-order valence-corrected chi connectivity index (χ0v) is 13.8. The Morgan fingerprint density at radius 3 is 2.41 bits per heavy atom. The molecule has 22 heavy (non-hydrogen) atoms. The molecule has 4 N–H and O–H groups in total. The molecule has 5 nitrogen and oxygen atoms in total. The molecule has 0 radical (unpaired) electrons. The Labute approximate surface area is 132 Å². The number of aliphatic hydroxyl groups excluding tert-OH is 2. The molecule has 0 bridgehead atoms. The number of rotatable bonds is 3. The summed E-state index contributed by atoms with van der Waals surface area (Å²) >= 11 is 0. The number of aliphatic hydroxyl groups is 4. The Morgan fingerprint density at radius 1 is 1.05 bits per heavy atom. The molecule has 3 aliphatic rings. The number of nitrogens with zero attached hydrogens (tertiary/aromatic N) is 1. The molecule has 0 amide bonds. The first-order valence-electron chi connectivity index (χ1n) is 8.68.